The number of rotatable bonds is 5. The van der Waals surface area contributed by atoms with Crippen LogP contribution in [0, 0.1) is 10.1 Å². The Bertz CT molecular complexity index is 1930. The first-order valence-electron chi connectivity index (χ1n) is 12.5. The maximum Gasteiger partial charge on any atom is 0.342 e. The molecule has 0 spiro atoms. The van der Waals surface area contributed by atoms with Crippen LogP contribution in [0.5, 0.6) is 11.5 Å². The Morgan fingerprint density at radius 2 is 1.85 bits per heavy atom. The Labute approximate surface area is 229 Å². The minimum absolute atomic E-state index is 0.102. The number of nitrogens with zero attached hydrogens (tertiary/aromatic N) is 5. The van der Waals surface area contributed by atoms with Gasteiger partial charge in [0.2, 0.25) is 18.0 Å². The normalized spacial score (nSPS) is 15.3. The molecule has 0 saturated carbocycles. The molecule has 12 nitrogen and oxygen atoms in total. The highest BCUT2D eigenvalue weighted by Gasteiger charge is 2.30. The van der Waals surface area contributed by atoms with E-state index in [1.165, 1.54) is 17.4 Å². The average Bonchev–Trinajstić information content (AvgIpc) is 3.57. The molecule has 5 heterocycles. The number of fused-ring (bicyclic) bond motifs is 6. The highest BCUT2D eigenvalue weighted by molar-refractivity contribution is 7.24. The van der Waals surface area contributed by atoms with Crippen LogP contribution in [-0.4, -0.2) is 63.3 Å². The number of nitro groups is 1. The molecule has 3 aromatic heterocycles. The molecule has 1 fully saturated rings. The number of ether oxygens (including phenoxy) is 2. The molecule has 40 heavy (non-hydrogen) atoms. The number of carbonyl (C=O) groups is 1. The van der Waals surface area contributed by atoms with Crippen molar-refractivity contribution in [3.8, 4) is 11.5 Å². The molecule has 0 radical (unpaired) electrons. The Kier molecular flexibility index (Phi) is 5.57. The van der Waals surface area contributed by atoms with Gasteiger partial charge in [-0.25, -0.2) is 9.78 Å². The number of hydrogen-bond acceptors (Lipinski definition) is 10. The van der Waals surface area contributed by atoms with Gasteiger partial charge in [-0.15, -0.1) is 11.3 Å². The number of hydrogen-bond donors (Lipinski definition) is 1. The number of thiazole rings is 1. The Hall–Kier alpha value is -4.75. The molecule has 202 valence electrons. The van der Waals surface area contributed by atoms with Crippen molar-refractivity contribution < 1.29 is 24.3 Å². The van der Waals surface area contributed by atoms with Gasteiger partial charge >= 0.3 is 11.7 Å². The van der Waals surface area contributed by atoms with Crippen LogP contribution in [0.3, 0.4) is 0 Å². The van der Waals surface area contributed by atoms with Crippen molar-refractivity contribution >= 4 is 54.9 Å². The third kappa shape index (κ3) is 3.81. The summed E-state index contributed by atoms with van der Waals surface area (Å²) in [5.74, 6) is 0.221. The summed E-state index contributed by atoms with van der Waals surface area (Å²) < 4.78 is 13.3. The van der Waals surface area contributed by atoms with Crippen LogP contribution in [0.2, 0.25) is 0 Å². The van der Waals surface area contributed by atoms with Gasteiger partial charge in [0.05, 0.1) is 20.5 Å². The highest BCUT2D eigenvalue weighted by atomic mass is 32.1. The number of para-hydroxylation sites is 1. The van der Waals surface area contributed by atoms with Crippen LogP contribution in [0.15, 0.2) is 53.3 Å². The zero-order valence-electron chi connectivity index (χ0n) is 20.9. The predicted molar refractivity (Wildman–Crippen MR) is 148 cm³/mol. The Balaban J connectivity index is 1.28. The standard InChI is InChI=1S/C27H21N5O7S/c33-23-16-12-18(32(36)37)25(28-24(16)31-17-3-1-2-4-21(17)40-26(31)22(23)27(34)35)30-9-7-29(8-10-30)13-15-5-6-19-20(11-15)39-14-38-19/h1-6,11-12H,7-10,13-14H2,(H,34,35). The lowest BCUT2D eigenvalue weighted by Crippen LogP contribution is -2.46. The van der Waals surface area contributed by atoms with Crippen molar-refractivity contribution in [3.05, 3.63) is 80.0 Å². The van der Waals surface area contributed by atoms with E-state index in [1.54, 1.807) is 4.40 Å². The highest BCUT2D eigenvalue weighted by Crippen LogP contribution is 2.36. The van der Waals surface area contributed by atoms with Crippen molar-refractivity contribution in [2.45, 2.75) is 6.54 Å². The average molecular weight is 560 g/mol. The summed E-state index contributed by atoms with van der Waals surface area (Å²) in [5, 5.41) is 21.9. The molecule has 2 aromatic carbocycles. The Morgan fingerprint density at radius 1 is 1.07 bits per heavy atom. The van der Waals surface area contributed by atoms with E-state index in [-0.39, 0.29) is 34.2 Å². The van der Waals surface area contributed by atoms with Crippen molar-refractivity contribution in [1.29, 1.82) is 0 Å². The fraction of sp³-hybridized carbons (Fsp3) is 0.222. The minimum Gasteiger partial charge on any atom is -0.477 e. The number of aromatic carboxylic acids is 1. The SMILES string of the molecule is O=C(O)c1c(=O)c2cc([N+](=O)[O-])c(N3CCN(Cc4ccc5c(c4)OCO5)CC3)nc2n2c1sc1ccccc12. The number of piperazine rings is 1. The molecule has 1 saturated heterocycles. The summed E-state index contributed by atoms with van der Waals surface area (Å²) in [6, 6.07) is 14.3. The van der Waals surface area contributed by atoms with E-state index >= 15 is 0 Å². The summed E-state index contributed by atoms with van der Waals surface area (Å²) in [7, 11) is 0. The van der Waals surface area contributed by atoms with Crippen LogP contribution in [0.1, 0.15) is 15.9 Å². The van der Waals surface area contributed by atoms with Gasteiger partial charge in [0, 0.05) is 38.8 Å². The molecule has 5 aromatic rings. The van der Waals surface area contributed by atoms with E-state index < -0.39 is 21.9 Å². The molecule has 2 aliphatic rings. The monoisotopic (exact) mass is 559 g/mol. The van der Waals surface area contributed by atoms with Crippen molar-refractivity contribution in [2.75, 3.05) is 37.9 Å². The molecule has 1 N–H and O–H groups in total. The fourth-order valence-electron chi connectivity index (χ4n) is 5.38. The summed E-state index contributed by atoms with van der Waals surface area (Å²) in [4.78, 5) is 46.1. The van der Waals surface area contributed by atoms with E-state index in [0.717, 1.165) is 21.8 Å². The number of anilines is 1. The lowest BCUT2D eigenvalue weighted by atomic mass is 10.1. The first-order valence-corrected chi connectivity index (χ1v) is 13.4. The smallest absolute Gasteiger partial charge is 0.342 e. The topological polar surface area (TPSA) is 140 Å². The van der Waals surface area contributed by atoms with Crippen molar-refractivity contribution in [1.82, 2.24) is 14.3 Å². The lowest BCUT2D eigenvalue weighted by Gasteiger charge is -2.35. The number of carboxylic acid groups (broad SMARTS) is 1. The minimum atomic E-state index is -1.39. The molecule has 0 aliphatic carbocycles. The maximum absolute atomic E-state index is 13.3. The van der Waals surface area contributed by atoms with Crippen LogP contribution in [-0.2, 0) is 6.54 Å². The lowest BCUT2D eigenvalue weighted by molar-refractivity contribution is -0.384. The van der Waals surface area contributed by atoms with Crippen LogP contribution in [0.25, 0.3) is 26.1 Å². The molecule has 0 bridgehead atoms. The van der Waals surface area contributed by atoms with Crippen molar-refractivity contribution in [3.63, 3.8) is 0 Å². The van der Waals surface area contributed by atoms with Crippen molar-refractivity contribution in [2.24, 2.45) is 0 Å². The summed E-state index contributed by atoms with van der Waals surface area (Å²) >= 11 is 1.18. The van der Waals surface area contributed by atoms with E-state index in [2.05, 4.69) is 4.90 Å². The quantitative estimate of drug-likeness (QED) is 0.250. The third-order valence-electron chi connectivity index (χ3n) is 7.30. The molecule has 2 aliphatic heterocycles. The number of aromatic nitrogens is 2. The third-order valence-corrected chi connectivity index (χ3v) is 8.45. The number of pyridine rings is 2. The molecular formula is C27H21N5O7S. The first-order chi connectivity index (χ1) is 19.4. The van der Waals surface area contributed by atoms with Gasteiger partial charge in [0.1, 0.15) is 10.4 Å². The molecule has 7 rings (SSSR count). The second kappa shape index (κ2) is 9.17. The second-order valence-electron chi connectivity index (χ2n) is 9.63. The van der Waals surface area contributed by atoms with Gasteiger partial charge in [-0.3, -0.25) is 24.2 Å². The first kappa shape index (κ1) is 24.3. The van der Waals surface area contributed by atoms with Gasteiger partial charge < -0.3 is 19.5 Å². The molecule has 0 atom stereocenters. The number of benzene rings is 2. The van der Waals surface area contributed by atoms with Crippen LogP contribution >= 0.6 is 11.3 Å². The van der Waals surface area contributed by atoms with Gasteiger partial charge in [-0.1, -0.05) is 18.2 Å². The molecular weight excluding hydrogens is 538 g/mol. The fourth-order valence-corrected chi connectivity index (χ4v) is 6.56. The van der Waals surface area contributed by atoms with E-state index in [9.17, 15) is 24.8 Å². The summed E-state index contributed by atoms with van der Waals surface area (Å²) in [6.45, 7) is 3.15. The zero-order valence-corrected chi connectivity index (χ0v) is 21.7. The van der Waals surface area contributed by atoms with Crippen LogP contribution < -0.4 is 19.8 Å². The van der Waals surface area contributed by atoms with Gasteiger partial charge in [-0.2, -0.15) is 0 Å². The predicted octanol–water partition coefficient (Wildman–Crippen LogP) is 3.72. The zero-order chi connectivity index (χ0) is 27.5. The Morgan fingerprint density at radius 3 is 2.62 bits per heavy atom. The van der Waals surface area contributed by atoms with E-state index in [1.807, 2.05) is 47.4 Å². The molecule has 0 amide bonds. The van der Waals surface area contributed by atoms with Gasteiger partial charge in [0.25, 0.3) is 0 Å². The molecule has 0 unspecified atom stereocenters. The van der Waals surface area contributed by atoms with Gasteiger partial charge in [0.15, 0.2) is 17.1 Å². The summed E-state index contributed by atoms with van der Waals surface area (Å²) in [5.41, 5.74) is 0.415. The number of carboxylic acids is 1. The maximum atomic E-state index is 13.3. The van der Waals surface area contributed by atoms with E-state index in [4.69, 9.17) is 14.5 Å². The van der Waals surface area contributed by atoms with Crippen LogP contribution in [0.4, 0.5) is 11.5 Å². The van der Waals surface area contributed by atoms with Gasteiger partial charge in [-0.05, 0) is 29.8 Å². The second-order valence-corrected chi connectivity index (χ2v) is 10.7. The molecule has 13 heteroatoms. The van der Waals surface area contributed by atoms with E-state index in [0.29, 0.717) is 38.2 Å². The largest absolute Gasteiger partial charge is 0.477 e. The summed E-state index contributed by atoms with van der Waals surface area (Å²) in [6.07, 6.45) is 0.